The largest absolute Gasteiger partial charge is 0.441 e. The minimum atomic E-state index is -0.538. The fourth-order valence-electron chi connectivity index (χ4n) is 2.68. The molecule has 0 saturated carbocycles. The molecular formula is C17H20N4O3. The van der Waals surface area contributed by atoms with Gasteiger partial charge in [0.1, 0.15) is 17.5 Å². The zero-order valence-corrected chi connectivity index (χ0v) is 13.8. The highest BCUT2D eigenvalue weighted by atomic mass is 16.4. The van der Waals surface area contributed by atoms with E-state index < -0.39 is 6.04 Å². The summed E-state index contributed by atoms with van der Waals surface area (Å²) in [6.07, 6.45) is 4.36. The van der Waals surface area contributed by atoms with E-state index in [1.54, 1.807) is 31.1 Å². The third-order valence-electron chi connectivity index (χ3n) is 4.02. The van der Waals surface area contributed by atoms with Crippen LogP contribution in [0, 0.1) is 0 Å². The number of fused-ring (bicyclic) bond motifs is 1. The van der Waals surface area contributed by atoms with Crippen molar-refractivity contribution in [3.63, 3.8) is 0 Å². The fraction of sp³-hybridized carbons (Fsp3) is 0.412. The highest BCUT2D eigenvalue weighted by molar-refractivity contribution is 5.87. The smallest absolute Gasteiger partial charge is 0.245 e. The van der Waals surface area contributed by atoms with Gasteiger partial charge < -0.3 is 14.6 Å². The molecule has 2 amide bonds. The van der Waals surface area contributed by atoms with Crippen LogP contribution in [0.2, 0.25) is 0 Å². The summed E-state index contributed by atoms with van der Waals surface area (Å²) in [6.45, 7) is 4.41. The molecule has 1 aliphatic rings. The second-order valence-electron chi connectivity index (χ2n) is 5.78. The van der Waals surface area contributed by atoms with E-state index in [2.05, 4.69) is 15.3 Å². The van der Waals surface area contributed by atoms with Gasteiger partial charge in [-0.3, -0.25) is 14.6 Å². The highest BCUT2D eigenvalue weighted by Gasteiger charge is 2.28. The van der Waals surface area contributed by atoms with Crippen LogP contribution in [-0.2, 0) is 22.6 Å². The van der Waals surface area contributed by atoms with E-state index in [-0.39, 0.29) is 11.8 Å². The molecule has 3 heterocycles. The normalized spacial score (nSPS) is 14.8. The first-order valence-corrected chi connectivity index (χ1v) is 8.05. The molecule has 1 N–H and O–H groups in total. The summed E-state index contributed by atoms with van der Waals surface area (Å²) >= 11 is 0. The number of nitrogens with zero attached hydrogens (tertiary/aromatic N) is 3. The summed E-state index contributed by atoms with van der Waals surface area (Å²) in [7, 11) is 0. The Hall–Kier alpha value is -2.70. The quantitative estimate of drug-likeness (QED) is 0.919. The molecule has 3 rings (SSSR count). The van der Waals surface area contributed by atoms with Crippen molar-refractivity contribution in [1.82, 2.24) is 20.2 Å². The number of hydrogen-bond acceptors (Lipinski definition) is 5. The van der Waals surface area contributed by atoms with Gasteiger partial charge in [-0.15, -0.1) is 0 Å². The number of rotatable bonds is 4. The third-order valence-corrected chi connectivity index (χ3v) is 4.02. The molecule has 0 aliphatic carbocycles. The van der Waals surface area contributed by atoms with Crippen molar-refractivity contribution < 1.29 is 14.0 Å². The molecule has 126 valence electrons. The lowest BCUT2D eigenvalue weighted by atomic mass is 10.1. The minimum Gasteiger partial charge on any atom is -0.441 e. The molecule has 0 aromatic carbocycles. The van der Waals surface area contributed by atoms with Crippen molar-refractivity contribution in [2.75, 3.05) is 6.54 Å². The van der Waals surface area contributed by atoms with Gasteiger partial charge in [0, 0.05) is 31.8 Å². The lowest BCUT2D eigenvalue weighted by Gasteiger charge is -2.28. The zero-order valence-electron chi connectivity index (χ0n) is 13.8. The number of aromatic nitrogens is 2. The summed E-state index contributed by atoms with van der Waals surface area (Å²) in [6, 6.07) is 3.17. The summed E-state index contributed by atoms with van der Waals surface area (Å²) in [5.74, 6) is 1.10. The first-order valence-electron chi connectivity index (χ1n) is 8.05. The van der Waals surface area contributed by atoms with E-state index in [0.717, 1.165) is 17.0 Å². The van der Waals surface area contributed by atoms with E-state index in [4.69, 9.17) is 4.42 Å². The van der Waals surface area contributed by atoms with Crippen molar-refractivity contribution in [3.05, 3.63) is 36.0 Å². The Morgan fingerprint density at radius 3 is 3.00 bits per heavy atom. The number of hydrogen-bond donors (Lipinski definition) is 1. The summed E-state index contributed by atoms with van der Waals surface area (Å²) < 4.78 is 5.80. The van der Waals surface area contributed by atoms with E-state index >= 15 is 0 Å². The van der Waals surface area contributed by atoms with Gasteiger partial charge in [0.05, 0.1) is 12.1 Å². The lowest BCUT2D eigenvalue weighted by molar-refractivity contribution is -0.136. The third kappa shape index (κ3) is 3.29. The summed E-state index contributed by atoms with van der Waals surface area (Å²) in [4.78, 5) is 34.2. The number of carbonyl (C=O) groups is 2. The zero-order chi connectivity index (χ0) is 17.1. The van der Waals surface area contributed by atoms with Gasteiger partial charge in [-0.25, -0.2) is 4.98 Å². The van der Waals surface area contributed by atoms with E-state index in [1.165, 1.54) is 0 Å². The van der Waals surface area contributed by atoms with Gasteiger partial charge in [0.2, 0.25) is 17.7 Å². The van der Waals surface area contributed by atoms with Crippen LogP contribution in [-0.4, -0.2) is 39.3 Å². The second kappa shape index (κ2) is 6.82. The monoisotopic (exact) mass is 328 g/mol. The number of pyridine rings is 1. The molecule has 24 heavy (non-hydrogen) atoms. The number of nitrogens with one attached hydrogen (secondary N) is 1. The second-order valence-corrected chi connectivity index (χ2v) is 5.78. The molecule has 1 aliphatic heterocycles. The van der Waals surface area contributed by atoms with Crippen LogP contribution < -0.4 is 5.32 Å². The Balaban J connectivity index is 1.71. The van der Waals surface area contributed by atoms with E-state index in [9.17, 15) is 9.59 Å². The average molecular weight is 328 g/mol. The van der Waals surface area contributed by atoms with Crippen LogP contribution in [0.25, 0.3) is 11.5 Å². The van der Waals surface area contributed by atoms with E-state index in [0.29, 0.717) is 31.8 Å². The Morgan fingerprint density at radius 2 is 2.29 bits per heavy atom. The minimum absolute atomic E-state index is 0.103. The Morgan fingerprint density at radius 1 is 1.46 bits per heavy atom. The maximum absolute atomic E-state index is 12.5. The predicted molar refractivity (Wildman–Crippen MR) is 86.8 cm³/mol. The van der Waals surface area contributed by atoms with Crippen molar-refractivity contribution in [2.45, 2.75) is 39.3 Å². The Labute approximate surface area is 140 Å². The first-order chi connectivity index (χ1) is 11.6. The lowest BCUT2D eigenvalue weighted by Crippen LogP contribution is -2.48. The van der Waals surface area contributed by atoms with Crippen molar-refractivity contribution in [1.29, 1.82) is 0 Å². The average Bonchev–Trinajstić information content (AvgIpc) is 3.04. The van der Waals surface area contributed by atoms with E-state index in [1.807, 2.05) is 12.1 Å². The van der Waals surface area contributed by atoms with Gasteiger partial charge in [-0.2, -0.15) is 0 Å². The van der Waals surface area contributed by atoms with Crippen LogP contribution in [0.4, 0.5) is 0 Å². The maximum Gasteiger partial charge on any atom is 0.245 e. The molecule has 0 fully saturated rings. The molecule has 1 unspecified atom stereocenters. The van der Waals surface area contributed by atoms with Gasteiger partial charge in [-0.05, 0) is 19.1 Å². The molecule has 0 bridgehead atoms. The van der Waals surface area contributed by atoms with Crippen LogP contribution in [0.1, 0.15) is 31.7 Å². The van der Waals surface area contributed by atoms with Crippen molar-refractivity contribution >= 4 is 11.8 Å². The molecule has 7 nitrogen and oxygen atoms in total. The molecule has 0 spiro atoms. The standard InChI is InChI=1S/C17H20N4O3/c1-3-15(22)19-11(2)17(23)21-8-6-14-13(10-21)20-16(24-14)12-5-4-7-18-9-12/h4-5,7,9,11H,3,6,8,10H2,1-2H3,(H,19,22). The number of amides is 2. The number of carbonyl (C=O) groups excluding carboxylic acids is 2. The van der Waals surface area contributed by atoms with Crippen LogP contribution >= 0.6 is 0 Å². The number of oxazole rings is 1. The Bertz CT molecular complexity index is 742. The molecule has 0 radical (unpaired) electrons. The van der Waals surface area contributed by atoms with Crippen molar-refractivity contribution in [2.24, 2.45) is 0 Å². The van der Waals surface area contributed by atoms with Gasteiger partial charge in [0.15, 0.2) is 0 Å². The fourth-order valence-corrected chi connectivity index (χ4v) is 2.68. The molecular weight excluding hydrogens is 308 g/mol. The molecule has 1 atom stereocenters. The highest BCUT2D eigenvalue weighted by Crippen LogP contribution is 2.25. The first kappa shape index (κ1) is 16.2. The predicted octanol–water partition coefficient (Wildman–Crippen LogP) is 1.54. The maximum atomic E-state index is 12.5. The summed E-state index contributed by atoms with van der Waals surface area (Å²) in [5, 5.41) is 2.70. The molecule has 2 aromatic heterocycles. The van der Waals surface area contributed by atoms with Crippen molar-refractivity contribution in [3.8, 4) is 11.5 Å². The topological polar surface area (TPSA) is 88.3 Å². The van der Waals surface area contributed by atoms with Crippen LogP contribution in [0.15, 0.2) is 28.9 Å². The van der Waals surface area contributed by atoms with Gasteiger partial charge in [-0.1, -0.05) is 6.92 Å². The molecule has 7 heteroatoms. The SMILES string of the molecule is CCC(=O)NC(C)C(=O)N1CCc2oc(-c3cccnc3)nc2C1. The molecule has 2 aromatic rings. The summed E-state index contributed by atoms with van der Waals surface area (Å²) in [5.41, 5.74) is 1.58. The van der Waals surface area contributed by atoms with Crippen LogP contribution in [0.5, 0.6) is 0 Å². The van der Waals surface area contributed by atoms with Gasteiger partial charge >= 0.3 is 0 Å². The van der Waals surface area contributed by atoms with Gasteiger partial charge in [0.25, 0.3) is 0 Å². The van der Waals surface area contributed by atoms with Crippen LogP contribution in [0.3, 0.4) is 0 Å². The molecule has 0 saturated heterocycles. The Kier molecular flexibility index (Phi) is 4.59.